The lowest BCUT2D eigenvalue weighted by Crippen LogP contribution is -2.62. The molecule has 24 N–H and O–H groups in total. The van der Waals surface area contributed by atoms with E-state index in [-0.39, 0.29) is 0 Å². The molecule has 0 saturated carbocycles. The Labute approximate surface area is 481 Å². The number of carboxylic acid groups (broad SMARTS) is 7. The van der Waals surface area contributed by atoms with E-state index in [0.717, 1.165) is 6.92 Å². The molecule has 13 amide bonds. The summed E-state index contributed by atoms with van der Waals surface area (Å²) in [6.45, 7) is -2.64. The van der Waals surface area contributed by atoms with Gasteiger partial charge in [0.1, 0.15) is 60.4 Å². The first-order chi connectivity index (χ1) is 39.9. The molecule has 0 aliphatic carbocycles. The number of carboxylic acids is 7. The van der Waals surface area contributed by atoms with Crippen molar-refractivity contribution in [3.8, 4) is 0 Å². The highest BCUT2D eigenvalue weighted by Crippen LogP contribution is 2.08. The number of aliphatic carboxylic acids is 7. The predicted octanol–water partition coefficient (Wildman–Crippen LogP) is -12.6. The first-order valence-electron chi connectivity index (χ1n) is 24.5. The molecule has 0 aromatic rings. The van der Waals surface area contributed by atoms with Crippen LogP contribution in [0.3, 0.4) is 0 Å². The van der Waals surface area contributed by atoms with Crippen molar-refractivity contribution in [3.63, 3.8) is 0 Å². The lowest BCUT2D eigenvalue weighted by atomic mass is 10.1. The van der Waals surface area contributed by atoms with Crippen LogP contribution in [0.25, 0.3) is 0 Å². The van der Waals surface area contributed by atoms with Crippen LogP contribution in [-0.2, 0) is 95.9 Å². The van der Waals surface area contributed by atoms with Crippen molar-refractivity contribution in [1.82, 2.24) is 58.5 Å². The van der Waals surface area contributed by atoms with E-state index in [1.165, 1.54) is 0 Å². The zero-order valence-corrected chi connectivity index (χ0v) is 44.8. The third-order valence-electron chi connectivity index (χ3n) is 10.8. The summed E-state index contributed by atoms with van der Waals surface area (Å²) in [6, 6.07) is -22.0. The standard InChI is InChI=1S/C44H63N13O29/c1-15(60)47-12-28(63)48-20(8-31(68)69)38(79)51-18(6-26(45)61)36(77)54-23(11-34(74)75)41(82)57-24(13-58)42(83)49-16(2-4-29(64)65)35(76)53-22(10-33(72)73)40(81)52-19(7-27(46)62)37(78)56-25(14-59)43(84)55-21(9-32(70)71)39(80)50-17(44(85)86)3-5-30(66)67/h16-25,58-59H,2-14H2,1H3,(H2,45,61)(H2,46,62)(H,47,60)(H,48,63)(H,49,83)(H,50,80)(H,51,79)(H,52,81)(H,53,76)(H,54,77)(H,55,84)(H,56,78)(H,57,82)(H,64,65)(H,66,67)(H,68,69)(H,70,71)(H,72,73)(H,74,75)(H,85,86)/t16-,17-,18-,19-,20-,21-,22-,23-,24-,25-/m1/s1. The Bertz CT molecular complexity index is 2630. The zero-order valence-electron chi connectivity index (χ0n) is 44.8. The summed E-state index contributed by atoms with van der Waals surface area (Å²) in [5.74, 6) is -31.2. The fourth-order valence-electron chi connectivity index (χ4n) is 6.71. The van der Waals surface area contributed by atoms with Crippen LogP contribution < -0.4 is 70.0 Å². The second-order valence-corrected chi connectivity index (χ2v) is 17.9. The molecule has 42 heteroatoms. The molecular formula is C44H63N13O29. The molecule has 0 unspecified atom stereocenters. The van der Waals surface area contributed by atoms with E-state index >= 15 is 0 Å². The number of carbonyl (C=O) groups excluding carboxylic acids is 13. The van der Waals surface area contributed by atoms with Gasteiger partial charge in [0.15, 0.2) is 0 Å². The quantitative estimate of drug-likeness (QED) is 0.0270. The largest absolute Gasteiger partial charge is 0.481 e. The number of primary amides is 2. The Morgan fingerprint density at radius 2 is 0.547 bits per heavy atom. The number of carbonyl (C=O) groups is 20. The molecular weight excluding hydrogens is 1170 g/mol. The maximum atomic E-state index is 13.7. The molecule has 0 aliphatic heterocycles. The van der Waals surface area contributed by atoms with Gasteiger partial charge in [0.25, 0.3) is 0 Å². The van der Waals surface area contributed by atoms with E-state index < -0.39 is 263 Å². The van der Waals surface area contributed by atoms with Crippen LogP contribution in [0.4, 0.5) is 0 Å². The van der Waals surface area contributed by atoms with E-state index in [4.69, 9.17) is 16.6 Å². The lowest BCUT2D eigenvalue weighted by molar-refractivity contribution is -0.145. The Morgan fingerprint density at radius 1 is 0.314 bits per heavy atom. The highest BCUT2D eigenvalue weighted by molar-refractivity contribution is 6.02. The first-order valence-corrected chi connectivity index (χ1v) is 24.5. The van der Waals surface area contributed by atoms with Crippen LogP contribution >= 0.6 is 0 Å². The number of amides is 13. The maximum absolute atomic E-state index is 13.7. The third kappa shape index (κ3) is 30.4. The van der Waals surface area contributed by atoms with Crippen LogP contribution in [0.2, 0.25) is 0 Å². The van der Waals surface area contributed by atoms with Gasteiger partial charge in [-0.3, -0.25) is 91.1 Å². The molecule has 42 nitrogen and oxygen atoms in total. The van der Waals surface area contributed by atoms with Gasteiger partial charge in [-0.1, -0.05) is 0 Å². The monoisotopic (exact) mass is 1240 g/mol. The number of hydrogen-bond donors (Lipinski definition) is 22. The molecule has 0 aromatic heterocycles. The third-order valence-corrected chi connectivity index (χ3v) is 10.8. The van der Waals surface area contributed by atoms with Gasteiger partial charge in [-0.15, -0.1) is 0 Å². The van der Waals surface area contributed by atoms with Gasteiger partial charge in [0, 0.05) is 19.8 Å². The van der Waals surface area contributed by atoms with Gasteiger partial charge in [-0.25, -0.2) is 4.79 Å². The molecule has 0 heterocycles. The van der Waals surface area contributed by atoms with Gasteiger partial charge < -0.3 is 116 Å². The maximum Gasteiger partial charge on any atom is 0.326 e. The van der Waals surface area contributed by atoms with Gasteiger partial charge in [0.05, 0.1) is 58.3 Å². The molecule has 0 radical (unpaired) electrons. The zero-order chi connectivity index (χ0) is 66.3. The Hall–Kier alpha value is -10.7. The van der Waals surface area contributed by atoms with Crippen molar-refractivity contribution < 1.29 is 142 Å². The van der Waals surface area contributed by atoms with Crippen molar-refractivity contribution >= 4 is 119 Å². The average molecular weight is 1240 g/mol. The number of nitrogens with two attached hydrogens (primary N) is 2. The van der Waals surface area contributed by atoms with Crippen LogP contribution in [-0.4, -0.2) is 245 Å². The van der Waals surface area contributed by atoms with Crippen LogP contribution in [0.15, 0.2) is 0 Å². The van der Waals surface area contributed by atoms with Gasteiger partial charge in [0.2, 0.25) is 76.8 Å². The highest BCUT2D eigenvalue weighted by atomic mass is 16.4. The van der Waals surface area contributed by atoms with E-state index in [1.807, 2.05) is 42.5 Å². The highest BCUT2D eigenvalue weighted by Gasteiger charge is 2.38. The second-order valence-electron chi connectivity index (χ2n) is 17.9. The molecule has 478 valence electrons. The van der Waals surface area contributed by atoms with Gasteiger partial charge in [-0.2, -0.15) is 0 Å². The fourth-order valence-corrected chi connectivity index (χ4v) is 6.71. The lowest BCUT2D eigenvalue weighted by Gasteiger charge is -2.27. The normalized spacial score (nSPS) is 14.1. The van der Waals surface area contributed by atoms with E-state index in [0.29, 0.717) is 0 Å². The van der Waals surface area contributed by atoms with Crippen molar-refractivity contribution in [3.05, 3.63) is 0 Å². The van der Waals surface area contributed by atoms with Gasteiger partial charge >= 0.3 is 41.8 Å². The molecule has 86 heavy (non-hydrogen) atoms. The molecule has 0 aromatic carbocycles. The number of aliphatic hydroxyl groups excluding tert-OH is 2. The Kier molecular flexibility index (Phi) is 32.8. The Morgan fingerprint density at radius 3 is 0.802 bits per heavy atom. The smallest absolute Gasteiger partial charge is 0.326 e. The summed E-state index contributed by atoms with van der Waals surface area (Å²) in [7, 11) is 0. The van der Waals surface area contributed by atoms with Crippen molar-refractivity contribution in [2.75, 3.05) is 19.8 Å². The number of rotatable bonds is 42. The summed E-state index contributed by atoms with van der Waals surface area (Å²) in [4.78, 5) is 248. The summed E-state index contributed by atoms with van der Waals surface area (Å²) < 4.78 is 0. The molecule has 0 aliphatic rings. The van der Waals surface area contributed by atoms with E-state index in [2.05, 4.69) is 5.32 Å². The van der Waals surface area contributed by atoms with Crippen LogP contribution in [0.1, 0.15) is 71.1 Å². The first kappa shape index (κ1) is 75.3. The molecule has 0 spiro atoms. The number of hydrogen-bond acceptors (Lipinski definition) is 22. The van der Waals surface area contributed by atoms with E-state index in [9.17, 15) is 137 Å². The van der Waals surface area contributed by atoms with Crippen molar-refractivity contribution in [2.24, 2.45) is 11.5 Å². The molecule has 0 rings (SSSR count). The van der Waals surface area contributed by atoms with Crippen LogP contribution in [0.5, 0.6) is 0 Å². The molecule has 0 bridgehead atoms. The van der Waals surface area contributed by atoms with E-state index in [1.54, 1.807) is 10.6 Å². The topological polar surface area (TPSA) is 708 Å². The number of nitrogens with one attached hydrogen (secondary N) is 11. The minimum atomic E-state index is -2.39. The SMILES string of the molecule is CC(=O)NCC(=O)N[C@H](CC(=O)O)C(=O)N[C@H](CC(N)=O)C(=O)N[C@H](CC(=O)O)C(=O)N[C@H](CO)C(=O)N[C@H](CCC(=O)O)C(=O)N[C@H](CC(=O)O)C(=O)N[C@H](CC(N)=O)C(=O)N[C@H](CO)C(=O)N[C@H](CC(=O)O)C(=O)N[C@H](CCC(=O)O)C(=O)O. The second kappa shape index (κ2) is 37.4. The predicted molar refractivity (Wildman–Crippen MR) is 270 cm³/mol. The van der Waals surface area contributed by atoms with Crippen molar-refractivity contribution in [1.29, 1.82) is 0 Å². The summed E-state index contributed by atoms with van der Waals surface area (Å²) >= 11 is 0. The molecule has 10 atom stereocenters. The summed E-state index contributed by atoms with van der Waals surface area (Å²) in [5.41, 5.74) is 10.4. The van der Waals surface area contributed by atoms with Crippen molar-refractivity contribution in [2.45, 2.75) is 132 Å². The molecule has 0 saturated heterocycles. The fraction of sp³-hybridized carbons (Fsp3) is 0.545. The number of aliphatic hydroxyl groups is 2. The minimum Gasteiger partial charge on any atom is -0.481 e. The minimum absolute atomic E-state index is 0.713. The summed E-state index contributed by atoms with van der Waals surface area (Å²) in [6.07, 6.45) is -11.2. The van der Waals surface area contributed by atoms with Crippen LogP contribution in [0, 0.1) is 0 Å². The average Bonchev–Trinajstić information content (AvgIpc) is 2.68. The molecule has 0 fully saturated rings. The summed E-state index contributed by atoms with van der Waals surface area (Å²) in [5, 5.41) is 106. The Balaban J connectivity index is 6.70. The van der Waals surface area contributed by atoms with Gasteiger partial charge in [-0.05, 0) is 12.8 Å².